The Morgan fingerprint density at radius 1 is 0.920 bits per heavy atom. The second-order valence-corrected chi connectivity index (χ2v) is 6.09. The zero-order chi connectivity index (χ0) is 18.1. The molecule has 0 aromatic heterocycles. The van der Waals surface area contributed by atoms with Gasteiger partial charge in [0, 0.05) is 6.61 Å². The molecule has 0 bridgehead atoms. The molecule has 2 aromatic carbocycles. The summed E-state index contributed by atoms with van der Waals surface area (Å²) in [5.74, 6) is 0.981. The van der Waals surface area contributed by atoms with Crippen LogP contribution >= 0.6 is 0 Å². The molecule has 4 nitrogen and oxygen atoms in total. The van der Waals surface area contributed by atoms with Gasteiger partial charge in [-0.2, -0.15) is 0 Å². The van der Waals surface area contributed by atoms with Crippen molar-refractivity contribution in [3.8, 4) is 11.5 Å². The molecule has 0 aliphatic heterocycles. The van der Waals surface area contributed by atoms with Crippen molar-refractivity contribution in [3.05, 3.63) is 59.2 Å². The van der Waals surface area contributed by atoms with Crippen molar-refractivity contribution in [2.45, 2.75) is 40.0 Å². The van der Waals surface area contributed by atoms with E-state index < -0.39 is 6.16 Å². The second kappa shape index (κ2) is 9.84. The molecule has 134 valence electrons. The van der Waals surface area contributed by atoms with Crippen molar-refractivity contribution in [1.29, 1.82) is 0 Å². The topological polar surface area (TPSA) is 44.8 Å². The van der Waals surface area contributed by atoms with Crippen molar-refractivity contribution in [2.24, 2.45) is 0 Å². The number of carbonyl (C=O) groups is 1. The number of unbranched alkanes of at least 4 members (excludes halogenated alkanes) is 1. The maximum absolute atomic E-state index is 12.0. The molecule has 0 aliphatic carbocycles. The zero-order valence-electron chi connectivity index (χ0n) is 15.2. The standard InChI is InChI=1S/C21H26O4/c1-4-5-13-23-14-12-18-15-17(3)8-11-20(18)25-21(22)24-19-9-6-16(2)7-10-19/h6-11,15H,4-5,12-14H2,1-3H3. The Morgan fingerprint density at radius 3 is 2.36 bits per heavy atom. The van der Waals surface area contributed by atoms with Crippen molar-refractivity contribution >= 4 is 6.16 Å². The molecular weight excluding hydrogens is 316 g/mol. The fraction of sp³-hybridized carbons (Fsp3) is 0.381. The molecule has 0 amide bonds. The van der Waals surface area contributed by atoms with Gasteiger partial charge in [-0.25, -0.2) is 4.79 Å². The van der Waals surface area contributed by atoms with E-state index in [1.54, 1.807) is 18.2 Å². The first-order valence-electron chi connectivity index (χ1n) is 8.72. The first-order valence-corrected chi connectivity index (χ1v) is 8.72. The summed E-state index contributed by atoms with van der Waals surface area (Å²) in [6, 6.07) is 13.0. The maximum Gasteiger partial charge on any atom is 0.519 e. The lowest BCUT2D eigenvalue weighted by Gasteiger charge is -2.11. The lowest BCUT2D eigenvalue weighted by molar-refractivity contribution is 0.132. The van der Waals surface area contributed by atoms with Crippen LogP contribution in [-0.4, -0.2) is 19.4 Å². The number of hydrogen-bond acceptors (Lipinski definition) is 4. The quantitative estimate of drug-likeness (QED) is 0.374. The van der Waals surface area contributed by atoms with E-state index in [0.29, 0.717) is 24.5 Å². The van der Waals surface area contributed by atoms with Crippen LogP contribution in [0.2, 0.25) is 0 Å². The van der Waals surface area contributed by atoms with Gasteiger partial charge in [0.2, 0.25) is 0 Å². The fourth-order valence-corrected chi connectivity index (χ4v) is 2.35. The molecule has 0 unspecified atom stereocenters. The van der Waals surface area contributed by atoms with E-state index in [1.165, 1.54) is 0 Å². The van der Waals surface area contributed by atoms with E-state index in [2.05, 4.69) is 6.92 Å². The van der Waals surface area contributed by atoms with Gasteiger partial charge in [-0.3, -0.25) is 0 Å². The van der Waals surface area contributed by atoms with Gasteiger partial charge in [0.05, 0.1) is 6.61 Å². The van der Waals surface area contributed by atoms with E-state index in [9.17, 15) is 4.79 Å². The highest BCUT2D eigenvalue weighted by Crippen LogP contribution is 2.22. The Hall–Kier alpha value is -2.33. The highest BCUT2D eigenvalue weighted by Gasteiger charge is 2.12. The highest BCUT2D eigenvalue weighted by molar-refractivity contribution is 5.67. The minimum absolute atomic E-state index is 0.465. The van der Waals surface area contributed by atoms with Crippen molar-refractivity contribution < 1.29 is 19.0 Å². The third kappa shape index (κ3) is 6.59. The largest absolute Gasteiger partial charge is 0.519 e. The van der Waals surface area contributed by atoms with Gasteiger partial charge in [0.25, 0.3) is 0 Å². The van der Waals surface area contributed by atoms with Gasteiger partial charge in [-0.15, -0.1) is 0 Å². The lowest BCUT2D eigenvalue weighted by Crippen LogP contribution is -2.15. The molecule has 0 aliphatic rings. The number of benzene rings is 2. The van der Waals surface area contributed by atoms with Crippen LogP contribution < -0.4 is 9.47 Å². The summed E-state index contributed by atoms with van der Waals surface area (Å²) in [7, 11) is 0. The molecule has 0 heterocycles. The van der Waals surface area contributed by atoms with Gasteiger partial charge >= 0.3 is 6.16 Å². The van der Waals surface area contributed by atoms with Crippen molar-refractivity contribution in [3.63, 3.8) is 0 Å². The summed E-state index contributed by atoms with van der Waals surface area (Å²) in [4.78, 5) is 12.0. The van der Waals surface area contributed by atoms with Crippen LogP contribution in [0.3, 0.4) is 0 Å². The maximum atomic E-state index is 12.0. The Morgan fingerprint density at radius 2 is 1.64 bits per heavy atom. The van der Waals surface area contributed by atoms with Crippen LogP contribution in [0.1, 0.15) is 36.5 Å². The van der Waals surface area contributed by atoms with E-state index >= 15 is 0 Å². The van der Waals surface area contributed by atoms with Crippen molar-refractivity contribution in [2.75, 3.05) is 13.2 Å². The van der Waals surface area contributed by atoms with Gasteiger partial charge in [0.1, 0.15) is 11.5 Å². The van der Waals surface area contributed by atoms with Crippen LogP contribution in [0.5, 0.6) is 11.5 Å². The average Bonchev–Trinajstić information content (AvgIpc) is 2.59. The predicted octanol–water partition coefficient (Wildman–Crippen LogP) is 5.24. The summed E-state index contributed by atoms with van der Waals surface area (Å²) in [5, 5.41) is 0. The average molecular weight is 342 g/mol. The van der Waals surface area contributed by atoms with Gasteiger partial charge in [-0.1, -0.05) is 48.7 Å². The van der Waals surface area contributed by atoms with E-state index in [4.69, 9.17) is 14.2 Å². The molecule has 2 aromatic rings. The van der Waals surface area contributed by atoms with Crippen LogP contribution in [0.25, 0.3) is 0 Å². The number of hydrogen-bond donors (Lipinski definition) is 0. The van der Waals surface area contributed by atoms with Gasteiger partial charge < -0.3 is 14.2 Å². The lowest BCUT2D eigenvalue weighted by atomic mass is 10.1. The molecule has 0 fully saturated rings. The fourth-order valence-electron chi connectivity index (χ4n) is 2.35. The Bertz CT molecular complexity index is 677. The molecule has 0 saturated heterocycles. The normalized spacial score (nSPS) is 10.5. The number of ether oxygens (including phenoxy) is 3. The molecule has 0 N–H and O–H groups in total. The van der Waals surface area contributed by atoms with E-state index in [0.717, 1.165) is 36.1 Å². The molecule has 0 spiro atoms. The van der Waals surface area contributed by atoms with Crippen LogP contribution in [0, 0.1) is 13.8 Å². The molecule has 0 atom stereocenters. The Kier molecular flexibility index (Phi) is 7.48. The molecular formula is C21H26O4. The highest BCUT2D eigenvalue weighted by atomic mass is 16.7. The molecule has 4 heteroatoms. The summed E-state index contributed by atoms with van der Waals surface area (Å²) >= 11 is 0. The SMILES string of the molecule is CCCCOCCc1cc(C)ccc1OC(=O)Oc1ccc(C)cc1. The predicted molar refractivity (Wildman–Crippen MR) is 98.4 cm³/mol. The number of aryl methyl sites for hydroxylation is 2. The van der Waals surface area contributed by atoms with Crippen LogP contribution in [-0.2, 0) is 11.2 Å². The van der Waals surface area contributed by atoms with Gasteiger partial charge in [0.15, 0.2) is 0 Å². The van der Waals surface area contributed by atoms with Crippen LogP contribution in [0.4, 0.5) is 4.79 Å². The molecule has 2 rings (SSSR count). The number of rotatable bonds is 8. The summed E-state index contributed by atoms with van der Waals surface area (Å²) in [6.45, 7) is 7.48. The second-order valence-electron chi connectivity index (χ2n) is 6.09. The Balaban J connectivity index is 1.95. The first-order chi connectivity index (χ1) is 12.1. The summed E-state index contributed by atoms with van der Waals surface area (Å²) < 4.78 is 16.2. The van der Waals surface area contributed by atoms with Crippen LogP contribution in [0.15, 0.2) is 42.5 Å². The number of carbonyl (C=O) groups excluding carboxylic acids is 1. The zero-order valence-corrected chi connectivity index (χ0v) is 15.2. The molecule has 25 heavy (non-hydrogen) atoms. The third-order valence-corrected chi connectivity index (χ3v) is 3.79. The minimum Gasteiger partial charge on any atom is -0.395 e. The Labute approximate surface area is 149 Å². The summed E-state index contributed by atoms with van der Waals surface area (Å²) in [5.41, 5.74) is 3.16. The van der Waals surface area contributed by atoms with Gasteiger partial charge in [-0.05, 0) is 50.5 Å². The molecule has 0 radical (unpaired) electrons. The minimum atomic E-state index is -0.735. The van der Waals surface area contributed by atoms with Crippen molar-refractivity contribution in [1.82, 2.24) is 0 Å². The summed E-state index contributed by atoms with van der Waals surface area (Å²) in [6.07, 6.45) is 2.13. The van der Waals surface area contributed by atoms with E-state index in [-0.39, 0.29) is 0 Å². The first kappa shape index (κ1) is 19.0. The molecule has 0 saturated carbocycles. The van der Waals surface area contributed by atoms with E-state index in [1.807, 2.05) is 38.1 Å². The monoisotopic (exact) mass is 342 g/mol. The smallest absolute Gasteiger partial charge is 0.395 e. The third-order valence-electron chi connectivity index (χ3n) is 3.79.